The predicted octanol–water partition coefficient (Wildman–Crippen LogP) is 2.06. The lowest BCUT2D eigenvalue weighted by atomic mass is 10.1. The Hall–Kier alpha value is -2.87. The van der Waals surface area contributed by atoms with E-state index in [4.69, 9.17) is 4.74 Å². The number of para-hydroxylation sites is 1. The molecule has 0 bridgehead atoms. The molecule has 2 aromatic rings. The minimum absolute atomic E-state index is 0.0250. The van der Waals surface area contributed by atoms with Crippen molar-refractivity contribution in [3.8, 4) is 11.5 Å². The maximum absolute atomic E-state index is 12.1. The summed E-state index contributed by atoms with van der Waals surface area (Å²) in [6.45, 7) is 0. The second-order valence-electron chi connectivity index (χ2n) is 6.41. The normalized spacial score (nSPS) is 17.9. The van der Waals surface area contributed by atoms with E-state index in [0.29, 0.717) is 23.5 Å². The molecule has 0 saturated carbocycles. The average Bonchev–Trinajstić information content (AvgIpc) is 2.99. The van der Waals surface area contributed by atoms with Gasteiger partial charge in [-0.15, -0.1) is 0 Å². The monoisotopic (exact) mass is 388 g/mol. The maximum atomic E-state index is 12.1. The Bertz CT molecular complexity index is 911. The van der Waals surface area contributed by atoms with E-state index in [-0.39, 0.29) is 23.8 Å². The van der Waals surface area contributed by atoms with Gasteiger partial charge in [-0.2, -0.15) is 0 Å². The number of benzene rings is 2. The van der Waals surface area contributed by atoms with Gasteiger partial charge in [0.15, 0.2) is 9.84 Å². The fraction of sp³-hybridized carbons (Fsp3) is 0.263. The van der Waals surface area contributed by atoms with E-state index in [9.17, 15) is 18.0 Å². The van der Waals surface area contributed by atoms with Gasteiger partial charge in [-0.05, 0) is 48.7 Å². The van der Waals surface area contributed by atoms with Crippen LogP contribution < -0.4 is 15.6 Å². The fourth-order valence-electron chi connectivity index (χ4n) is 2.84. The molecule has 142 valence electrons. The predicted molar refractivity (Wildman–Crippen MR) is 99.9 cm³/mol. The summed E-state index contributed by atoms with van der Waals surface area (Å²) in [7, 11) is -3.02. The van der Waals surface area contributed by atoms with Gasteiger partial charge in [-0.25, -0.2) is 8.42 Å². The van der Waals surface area contributed by atoms with Crippen LogP contribution in [0.25, 0.3) is 0 Å². The summed E-state index contributed by atoms with van der Waals surface area (Å²) in [5.74, 6) is 0.357. The number of hydrogen-bond donors (Lipinski definition) is 2. The van der Waals surface area contributed by atoms with E-state index in [1.165, 1.54) is 0 Å². The molecule has 1 fully saturated rings. The van der Waals surface area contributed by atoms with Crippen LogP contribution in [-0.4, -0.2) is 31.7 Å². The number of carbonyl (C=O) groups is 2. The molecule has 1 heterocycles. The Kier molecular flexibility index (Phi) is 5.75. The molecule has 1 unspecified atom stereocenters. The van der Waals surface area contributed by atoms with Crippen molar-refractivity contribution in [1.82, 2.24) is 10.9 Å². The van der Waals surface area contributed by atoms with Crippen LogP contribution in [0.15, 0.2) is 54.6 Å². The summed E-state index contributed by atoms with van der Waals surface area (Å²) in [5.41, 5.74) is 5.02. The highest BCUT2D eigenvalue weighted by molar-refractivity contribution is 7.91. The van der Waals surface area contributed by atoms with E-state index in [1.54, 1.807) is 24.3 Å². The minimum Gasteiger partial charge on any atom is -0.457 e. The van der Waals surface area contributed by atoms with Crippen LogP contribution in [0.5, 0.6) is 11.5 Å². The van der Waals surface area contributed by atoms with Crippen LogP contribution >= 0.6 is 0 Å². The first-order chi connectivity index (χ1) is 12.9. The molecule has 7 nitrogen and oxygen atoms in total. The van der Waals surface area contributed by atoms with Crippen molar-refractivity contribution >= 4 is 21.7 Å². The van der Waals surface area contributed by atoms with Gasteiger partial charge in [-0.3, -0.25) is 20.4 Å². The van der Waals surface area contributed by atoms with Crippen molar-refractivity contribution in [2.45, 2.75) is 12.8 Å². The van der Waals surface area contributed by atoms with Gasteiger partial charge in [0.25, 0.3) is 5.91 Å². The summed E-state index contributed by atoms with van der Waals surface area (Å²) >= 11 is 0. The van der Waals surface area contributed by atoms with Gasteiger partial charge < -0.3 is 4.74 Å². The molecule has 0 aliphatic carbocycles. The third-order valence-electron chi connectivity index (χ3n) is 4.21. The Morgan fingerprint density at radius 3 is 2.26 bits per heavy atom. The molecule has 2 N–H and O–H groups in total. The van der Waals surface area contributed by atoms with Crippen LogP contribution in [0.3, 0.4) is 0 Å². The van der Waals surface area contributed by atoms with Crippen molar-refractivity contribution in [3.63, 3.8) is 0 Å². The number of hydrogen-bond acceptors (Lipinski definition) is 5. The highest BCUT2D eigenvalue weighted by Gasteiger charge is 2.29. The van der Waals surface area contributed by atoms with E-state index >= 15 is 0 Å². The Morgan fingerprint density at radius 1 is 0.963 bits per heavy atom. The first kappa shape index (κ1) is 18.9. The summed E-state index contributed by atoms with van der Waals surface area (Å²) in [4.78, 5) is 24.0. The molecule has 2 aromatic carbocycles. The summed E-state index contributed by atoms with van der Waals surface area (Å²) in [6, 6.07) is 15.8. The van der Waals surface area contributed by atoms with E-state index in [2.05, 4.69) is 10.9 Å². The SMILES string of the molecule is O=C(CC1CCS(=O)(=O)C1)NNC(=O)c1ccc(Oc2ccccc2)cc1. The van der Waals surface area contributed by atoms with Crippen molar-refractivity contribution in [2.75, 3.05) is 11.5 Å². The Balaban J connectivity index is 1.47. The molecule has 1 aliphatic heterocycles. The molecular weight excluding hydrogens is 368 g/mol. The second-order valence-corrected chi connectivity index (χ2v) is 8.64. The van der Waals surface area contributed by atoms with Gasteiger partial charge in [0, 0.05) is 12.0 Å². The van der Waals surface area contributed by atoms with E-state index < -0.39 is 21.7 Å². The largest absolute Gasteiger partial charge is 0.457 e. The molecule has 1 aliphatic rings. The lowest BCUT2D eigenvalue weighted by Gasteiger charge is -2.10. The second kappa shape index (κ2) is 8.22. The molecule has 3 rings (SSSR count). The maximum Gasteiger partial charge on any atom is 0.269 e. The zero-order valence-corrected chi connectivity index (χ0v) is 15.4. The van der Waals surface area contributed by atoms with Gasteiger partial charge in [0.1, 0.15) is 11.5 Å². The first-order valence-electron chi connectivity index (χ1n) is 8.54. The van der Waals surface area contributed by atoms with E-state index in [0.717, 1.165) is 0 Å². The number of carbonyl (C=O) groups excluding carboxylic acids is 2. The van der Waals surface area contributed by atoms with Crippen molar-refractivity contribution in [2.24, 2.45) is 5.92 Å². The van der Waals surface area contributed by atoms with Crippen LogP contribution in [0.1, 0.15) is 23.2 Å². The first-order valence-corrected chi connectivity index (χ1v) is 10.4. The van der Waals surface area contributed by atoms with E-state index in [1.807, 2.05) is 30.3 Å². The summed E-state index contributed by atoms with van der Waals surface area (Å²) in [6.07, 6.45) is 0.552. The average molecular weight is 388 g/mol. The molecule has 2 amide bonds. The van der Waals surface area contributed by atoms with Gasteiger partial charge in [-0.1, -0.05) is 18.2 Å². The number of nitrogens with one attached hydrogen (secondary N) is 2. The molecule has 0 spiro atoms. The highest BCUT2D eigenvalue weighted by atomic mass is 32.2. The summed E-state index contributed by atoms with van der Waals surface area (Å²) in [5, 5.41) is 0. The minimum atomic E-state index is -3.02. The zero-order chi connectivity index (χ0) is 19.3. The lowest BCUT2D eigenvalue weighted by Crippen LogP contribution is -2.42. The van der Waals surface area contributed by atoms with Crippen molar-refractivity contribution < 1.29 is 22.7 Å². The number of hydrazine groups is 1. The standard InChI is InChI=1S/C19H20N2O5S/c22-18(12-14-10-11-27(24,25)13-14)20-21-19(23)15-6-8-17(9-7-15)26-16-4-2-1-3-5-16/h1-9,14H,10-13H2,(H,20,22)(H,21,23). The quantitative estimate of drug-likeness (QED) is 0.764. The smallest absolute Gasteiger partial charge is 0.269 e. The van der Waals surface area contributed by atoms with Crippen LogP contribution in [0, 0.1) is 5.92 Å². The molecular formula is C19H20N2O5S. The molecule has 1 atom stereocenters. The Labute approximate surface area is 157 Å². The van der Waals surface area contributed by atoms with Gasteiger partial charge in [0.2, 0.25) is 5.91 Å². The highest BCUT2D eigenvalue weighted by Crippen LogP contribution is 2.22. The van der Waals surface area contributed by atoms with Crippen LogP contribution in [0.2, 0.25) is 0 Å². The molecule has 27 heavy (non-hydrogen) atoms. The number of rotatable bonds is 5. The summed E-state index contributed by atoms with van der Waals surface area (Å²) < 4.78 is 28.5. The molecule has 1 saturated heterocycles. The van der Waals surface area contributed by atoms with Crippen molar-refractivity contribution in [3.05, 3.63) is 60.2 Å². The lowest BCUT2D eigenvalue weighted by molar-refractivity contribution is -0.122. The topological polar surface area (TPSA) is 102 Å². The fourth-order valence-corrected chi connectivity index (χ4v) is 4.71. The molecule has 0 aromatic heterocycles. The third kappa shape index (κ3) is 5.55. The number of amides is 2. The van der Waals surface area contributed by atoms with Crippen LogP contribution in [-0.2, 0) is 14.6 Å². The van der Waals surface area contributed by atoms with Crippen LogP contribution in [0.4, 0.5) is 0 Å². The number of sulfone groups is 1. The van der Waals surface area contributed by atoms with Gasteiger partial charge in [0.05, 0.1) is 11.5 Å². The van der Waals surface area contributed by atoms with Gasteiger partial charge >= 0.3 is 0 Å². The zero-order valence-electron chi connectivity index (χ0n) is 14.6. The Morgan fingerprint density at radius 2 is 1.63 bits per heavy atom. The third-order valence-corrected chi connectivity index (χ3v) is 6.05. The number of ether oxygens (including phenoxy) is 1. The molecule has 8 heteroatoms. The van der Waals surface area contributed by atoms with Crippen molar-refractivity contribution in [1.29, 1.82) is 0 Å². The molecule has 0 radical (unpaired) electrons.